The van der Waals surface area contributed by atoms with E-state index in [1.807, 2.05) is 55.6 Å². The number of furan rings is 1. The molecule has 1 aliphatic rings. The molecule has 0 atom stereocenters. The van der Waals surface area contributed by atoms with Gasteiger partial charge in [0.05, 0.1) is 11.2 Å². The molecule has 0 bridgehead atoms. The monoisotopic (exact) mass is 568 g/mol. The van der Waals surface area contributed by atoms with Gasteiger partial charge in [0.15, 0.2) is 0 Å². The highest BCUT2D eigenvalue weighted by Crippen LogP contribution is 2.31. The fraction of sp³-hybridized carbons (Fsp3) is 0.219. The Hall–Kier alpha value is -4.40. The molecular formula is C32H29ClN4O4. The van der Waals surface area contributed by atoms with Crippen LogP contribution in [-0.2, 0) is 30.8 Å². The van der Waals surface area contributed by atoms with Gasteiger partial charge in [0.25, 0.3) is 5.91 Å². The lowest BCUT2D eigenvalue weighted by Gasteiger charge is -2.29. The number of rotatable bonds is 8. The zero-order chi connectivity index (χ0) is 28.7. The summed E-state index contributed by atoms with van der Waals surface area (Å²) in [6.45, 7) is 1.59. The Morgan fingerprint density at radius 1 is 1.05 bits per heavy atom. The van der Waals surface area contributed by atoms with E-state index in [1.165, 1.54) is 6.20 Å². The molecule has 1 aliphatic heterocycles. The minimum absolute atomic E-state index is 0.00477. The fourth-order valence-electron chi connectivity index (χ4n) is 5.33. The number of amides is 2. The second-order valence-electron chi connectivity index (χ2n) is 10.5. The van der Waals surface area contributed by atoms with Gasteiger partial charge in [0.2, 0.25) is 11.3 Å². The van der Waals surface area contributed by atoms with Crippen molar-refractivity contribution in [3.63, 3.8) is 0 Å². The lowest BCUT2D eigenvalue weighted by Crippen LogP contribution is -2.37. The minimum Gasteiger partial charge on any atom is -0.461 e. The van der Waals surface area contributed by atoms with Crippen LogP contribution in [0.3, 0.4) is 0 Å². The number of hydrogen-bond donors (Lipinski definition) is 1. The fourth-order valence-corrected chi connectivity index (χ4v) is 5.45. The number of pyridine rings is 1. The number of nitrogens with zero attached hydrogens (tertiary/aromatic N) is 3. The molecule has 0 fully saturated rings. The van der Waals surface area contributed by atoms with Crippen molar-refractivity contribution in [1.82, 2.24) is 14.8 Å². The molecule has 1 N–H and O–H groups in total. The Labute approximate surface area is 241 Å². The molecule has 0 spiro atoms. The van der Waals surface area contributed by atoms with Crippen molar-refractivity contribution in [3.8, 4) is 0 Å². The zero-order valence-electron chi connectivity index (χ0n) is 22.8. The van der Waals surface area contributed by atoms with Gasteiger partial charge in [-0.25, -0.2) is 0 Å². The molecule has 0 saturated carbocycles. The normalized spacial score (nSPS) is 13.0. The first-order valence-corrected chi connectivity index (χ1v) is 13.8. The summed E-state index contributed by atoms with van der Waals surface area (Å²) in [5.74, 6) is 0.302. The number of para-hydroxylation sites is 1. The molecule has 0 aliphatic carbocycles. The molecule has 5 aromatic rings. The molecule has 41 heavy (non-hydrogen) atoms. The van der Waals surface area contributed by atoms with Crippen LogP contribution in [0.25, 0.3) is 21.9 Å². The van der Waals surface area contributed by atoms with Crippen LogP contribution >= 0.6 is 11.6 Å². The van der Waals surface area contributed by atoms with Crippen molar-refractivity contribution in [2.45, 2.75) is 26.1 Å². The summed E-state index contributed by atoms with van der Waals surface area (Å²) < 4.78 is 7.66. The van der Waals surface area contributed by atoms with Crippen LogP contribution in [0.4, 0.5) is 5.69 Å². The number of carbonyl (C=O) groups excluding carboxylic acids is 2. The second kappa shape index (κ2) is 10.9. The highest BCUT2D eigenvalue weighted by Gasteiger charge is 2.27. The summed E-state index contributed by atoms with van der Waals surface area (Å²) in [6.07, 6.45) is 2.23. The number of aromatic nitrogens is 1. The molecule has 6 rings (SSSR count). The lowest BCUT2D eigenvalue weighted by molar-refractivity contribution is -0.119. The summed E-state index contributed by atoms with van der Waals surface area (Å²) >= 11 is 5.96. The largest absolute Gasteiger partial charge is 0.461 e. The van der Waals surface area contributed by atoms with Crippen molar-refractivity contribution < 1.29 is 14.0 Å². The maximum atomic E-state index is 13.7. The van der Waals surface area contributed by atoms with E-state index in [0.717, 1.165) is 40.8 Å². The Bertz CT molecular complexity index is 1830. The first kappa shape index (κ1) is 26.8. The number of benzene rings is 3. The van der Waals surface area contributed by atoms with E-state index in [1.54, 1.807) is 28.6 Å². The van der Waals surface area contributed by atoms with Crippen LogP contribution in [0.1, 0.15) is 27.2 Å². The van der Waals surface area contributed by atoms with E-state index in [9.17, 15) is 14.4 Å². The summed E-state index contributed by atoms with van der Waals surface area (Å²) in [7, 11) is 3.72. The number of anilines is 1. The summed E-state index contributed by atoms with van der Waals surface area (Å²) in [5.41, 5.74) is 3.56. The van der Waals surface area contributed by atoms with E-state index in [-0.39, 0.29) is 30.0 Å². The third-order valence-corrected chi connectivity index (χ3v) is 7.78. The zero-order valence-corrected chi connectivity index (χ0v) is 23.6. The number of fused-ring (bicyclic) bond motifs is 1. The number of nitrogens with one attached hydrogen (secondary N) is 1. The first-order chi connectivity index (χ1) is 19.8. The van der Waals surface area contributed by atoms with Gasteiger partial charge in [-0.05, 0) is 54.6 Å². The second-order valence-corrected chi connectivity index (χ2v) is 10.9. The Morgan fingerprint density at radius 2 is 1.83 bits per heavy atom. The van der Waals surface area contributed by atoms with Gasteiger partial charge in [0, 0.05) is 55.1 Å². The van der Waals surface area contributed by atoms with Crippen molar-refractivity contribution in [2.75, 3.05) is 25.5 Å². The number of carbonyl (C=O) groups is 2. The van der Waals surface area contributed by atoms with Crippen LogP contribution in [0.2, 0.25) is 5.02 Å². The molecule has 2 aromatic heterocycles. The van der Waals surface area contributed by atoms with Gasteiger partial charge in [-0.1, -0.05) is 41.9 Å². The average Bonchev–Trinajstić information content (AvgIpc) is 3.39. The predicted octanol–water partition coefficient (Wildman–Crippen LogP) is 4.98. The summed E-state index contributed by atoms with van der Waals surface area (Å²) in [4.78, 5) is 43.4. The van der Waals surface area contributed by atoms with E-state index in [4.69, 9.17) is 16.0 Å². The molecule has 2 amide bonds. The topological polar surface area (TPSA) is 87.8 Å². The standard InChI is InChI=1S/C32H29ClN4O4/c1-35(12-11-24-15-22-5-3-4-6-28(22)41-24)17-21-13-25-30-27(14-21)36(2)29(38)19-37(30)18-26(31(25)39)32(40)34-16-20-7-9-23(33)10-8-20/h3-10,13-15,18H,11-12,16-17,19H2,1-2H3,(H,34,40). The van der Waals surface area contributed by atoms with Gasteiger partial charge in [0.1, 0.15) is 23.5 Å². The highest BCUT2D eigenvalue weighted by molar-refractivity contribution is 6.30. The third-order valence-electron chi connectivity index (χ3n) is 7.53. The molecule has 0 saturated heterocycles. The van der Waals surface area contributed by atoms with E-state index in [0.29, 0.717) is 28.2 Å². The van der Waals surface area contributed by atoms with Gasteiger partial charge in [-0.3, -0.25) is 14.4 Å². The molecule has 0 radical (unpaired) electrons. The first-order valence-electron chi connectivity index (χ1n) is 13.4. The van der Waals surface area contributed by atoms with Crippen molar-refractivity contribution in [3.05, 3.63) is 111 Å². The average molecular weight is 569 g/mol. The van der Waals surface area contributed by atoms with Crippen LogP contribution in [0, 0.1) is 0 Å². The predicted molar refractivity (Wildman–Crippen MR) is 160 cm³/mol. The van der Waals surface area contributed by atoms with E-state index in [2.05, 4.69) is 16.3 Å². The smallest absolute Gasteiger partial charge is 0.257 e. The van der Waals surface area contributed by atoms with Crippen LogP contribution in [0.5, 0.6) is 0 Å². The highest BCUT2D eigenvalue weighted by atomic mass is 35.5. The maximum Gasteiger partial charge on any atom is 0.257 e. The lowest BCUT2D eigenvalue weighted by atomic mass is 10.0. The van der Waals surface area contributed by atoms with E-state index < -0.39 is 5.91 Å². The summed E-state index contributed by atoms with van der Waals surface area (Å²) in [5, 5.41) is 4.93. The van der Waals surface area contributed by atoms with Crippen LogP contribution in [-0.4, -0.2) is 41.9 Å². The van der Waals surface area contributed by atoms with Gasteiger partial charge in [-0.2, -0.15) is 0 Å². The van der Waals surface area contributed by atoms with E-state index >= 15 is 0 Å². The SMILES string of the molecule is CN(CCc1cc2ccccc2o1)Cc1cc2c3c(c1)c(=O)c(C(=O)NCc1ccc(Cl)cc1)cn3CC(=O)N2C. The molecule has 8 nitrogen and oxygen atoms in total. The maximum absolute atomic E-state index is 13.7. The Kier molecular flexibility index (Phi) is 7.11. The van der Waals surface area contributed by atoms with Crippen molar-refractivity contribution in [2.24, 2.45) is 0 Å². The quantitative estimate of drug-likeness (QED) is 0.285. The number of halogens is 1. The van der Waals surface area contributed by atoms with Crippen molar-refractivity contribution >= 4 is 51.0 Å². The Balaban J connectivity index is 1.27. The van der Waals surface area contributed by atoms with Crippen LogP contribution < -0.4 is 15.6 Å². The molecule has 9 heteroatoms. The van der Waals surface area contributed by atoms with Gasteiger partial charge >= 0.3 is 0 Å². The molecule has 0 unspecified atom stereocenters. The molecule has 3 aromatic carbocycles. The summed E-state index contributed by atoms with van der Waals surface area (Å²) in [6, 6.07) is 20.9. The van der Waals surface area contributed by atoms with Crippen LogP contribution in [0.15, 0.2) is 82.1 Å². The van der Waals surface area contributed by atoms with Gasteiger partial charge in [-0.15, -0.1) is 0 Å². The molecular weight excluding hydrogens is 540 g/mol. The van der Waals surface area contributed by atoms with Gasteiger partial charge < -0.3 is 24.1 Å². The van der Waals surface area contributed by atoms with Crippen molar-refractivity contribution in [1.29, 1.82) is 0 Å². The number of likely N-dealkylation sites (N-methyl/N-ethyl adjacent to an activating group) is 2. The Morgan fingerprint density at radius 3 is 2.61 bits per heavy atom. The third kappa shape index (κ3) is 5.36. The number of hydrogen-bond acceptors (Lipinski definition) is 5. The molecule has 208 valence electrons. The molecule has 3 heterocycles. The minimum atomic E-state index is -0.489.